The van der Waals surface area contributed by atoms with Crippen LogP contribution in [0.3, 0.4) is 0 Å². The average Bonchev–Trinajstić information content (AvgIpc) is 2.54. The number of alkyl halides is 3. The highest BCUT2D eigenvalue weighted by atomic mass is 19.4. The van der Waals surface area contributed by atoms with Crippen LogP contribution in [0.25, 0.3) is 0 Å². The minimum absolute atomic E-state index is 0.225. The Kier molecular flexibility index (Phi) is 4.31. The third-order valence-electron chi connectivity index (χ3n) is 4.03. The lowest BCUT2D eigenvalue weighted by Crippen LogP contribution is -2.30. The van der Waals surface area contributed by atoms with E-state index in [-0.39, 0.29) is 6.04 Å². The number of nitrogens with one attached hydrogen (secondary N) is 1. The summed E-state index contributed by atoms with van der Waals surface area (Å²) in [6.07, 6.45) is -3.49. The fourth-order valence-electron chi connectivity index (χ4n) is 2.99. The molecule has 0 saturated heterocycles. The molecule has 0 bridgehead atoms. The number of halogens is 3. The summed E-state index contributed by atoms with van der Waals surface area (Å²) in [5.74, 6) is 0.802. The maximum Gasteiger partial charge on any atom is 0.416 e. The van der Waals surface area contributed by atoms with Gasteiger partial charge in [-0.15, -0.1) is 0 Å². The second-order valence-corrected chi connectivity index (χ2v) is 5.55. The van der Waals surface area contributed by atoms with E-state index in [0.29, 0.717) is 12.2 Å². The summed E-state index contributed by atoms with van der Waals surface area (Å²) in [5, 5.41) is 3.31. The van der Waals surface area contributed by atoms with E-state index in [0.717, 1.165) is 35.9 Å². The molecule has 1 unspecified atom stereocenters. The Morgan fingerprint density at radius 2 is 2.00 bits per heavy atom. The molecule has 2 nitrogen and oxygen atoms in total. The molecule has 0 aliphatic carbocycles. The molecular formula is C18H18F3NO. The molecule has 5 heteroatoms. The standard InChI is InChI=1S/C18H18F3NO/c1-2-23-15-6-7-16-12(11-15)8-9-22-17(16)13-4-3-5-14(10-13)18(19,20)21/h3-7,10-11,17,22H,2,8-9H2,1H3. The molecule has 0 amide bonds. The lowest BCUT2D eigenvalue weighted by Gasteiger charge is -2.28. The first-order valence-corrected chi connectivity index (χ1v) is 7.65. The minimum atomic E-state index is -4.33. The first kappa shape index (κ1) is 15.9. The Labute approximate surface area is 133 Å². The lowest BCUT2D eigenvalue weighted by atomic mass is 9.89. The van der Waals surface area contributed by atoms with E-state index < -0.39 is 11.7 Å². The summed E-state index contributed by atoms with van der Waals surface area (Å²) in [5.41, 5.74) is 2.15. The van der Waals surface area contributed by atoms with Gasteiger partial charge in [0.05, 0.1) is 18.2 Å². The van der Waals surface area contributed by atoms with Gasteiger partial charge < -0.3 is 10.1 Å². The zero-order valence-corrected chi connectivity index (χ0v) is 12.8. The van der Waals surface area contributed by atoms with Crippen molar-refractivity contribution < 1.29 is 17.9 Å². The van der Waals surface area contributed by atoms with Crippen LogP contribution in [0, 0.1) is 0 Å². The monoisotopic (exact) mass is 321 g/mol. The van der Waals surface area contributed by atoms with Crippen LogP contribution in [-0.4, -0.2) is 13.2 Å². The first-order valence-electron chi connectivity index (χ1n) is 7.65. The lowest BCUT2D eigenvalue weighted by molar-refractivity contribution is -0.137. The van der Waals surface area contributed by atoms with E-state index in [1.54, 1.807) is 6.07 Å². The Hall–Kier alpha value is -2.01. The van der Waals surface area contributed by atoms with Crippen molar-refractivity contribution in [2.75, 3.05) is 13.2 Å². The van der Waals surface area contributed by atoms with Crippen LogP contribution >= 0.6 is 0 Å². The van der Waals surface area contributed by atoms with Gasteiger partial charge in [-0.25, -0.2) is 0 Å². The van der Waals surface area contributed by atoms with Crippen LogP contribution in [0.1, 0.15) is 35.2 Å². The van der Waals surface area contributed by atoms with E-state index in [1.165, 1.54) is 12.1 Å². The predicted molar refractivity (Wildman–Crippen MR) is 82.6 cm³/mol. The van der Waals surface area contributed by atoms with Crippen molar-refractivity contribution in [3.63, 3.8) is 0 Å². The van der Waals surface area contributed by atoms with Gasteiger partial charge in [0, 0.05) is 6.54 Å². The van der Waals surface area contributed by atoms with Gasteiger partial charge in [0.1, 0.15) is 5.75 Å². The summed E-state index contributed by atoms with van der Waals surface area (Å²) in [7, 11) is 0. The molecule has 0 saturated carbocycles. The van der Waals surface area contributed by atoms with Crippen molar-refractivity contribution in [3.05, 3.63) is 64.7 Å². The fourth-order valence-corrected chi connectivity index (χ4v) is 2.99. The van der Waals surface area contributed by atoms with Crippen LogP contribution < -0.4 is 10.1 Å². The quantitative estimate of drug-likeness (QED) is 0.908. The Balaban J connectivity index is 1.97. The molecule has 2 aromatic carbocycles. The molecule has 0 fully saturated rings. The van der Waals surface area contributed by atoms with Crippen molar-refractivity contribution in [2.45, 2.75) is 25.6 Å². The highest BCUT2D eigenvalue weighted by Gasteiger charge is 2.31. The molecule has 23 heavy (non-hydrogen) atoms. The molecule has 0 spiro atoms. The minimum Gasteiger partial charge on any atom is -0.494 e. The van der Waals surface area contributed by atoms with Gasteiger partial charge in [0.2, 0.25) is 0 Å². The van der Waals surface area contributed by atoms with Gasteiger partial charge >= 0.3 is 6.18 Å². The molecular weight excluding hydrogens is 303 g/mol. The van der Waals surface area contributed by atoms with Gasteiger partial charge in [0.15, 0.2) is 0 Å². The van der Waals surface area contributed by atoms with Gasteiger partial charge in [-0.3, -0.25) is 0 Å². The molecule has 122 valence electrons. The third-order valence-corrected chi connectivity index (χ3v) is 4.03. The fraction of sp³-hybridized carbons (Fsp3) is 0.333. The van der Waals surface area contributed by atoms with Crippen LogP contribution in [0.5, 0.6) is 5.75 Å². The molecule has 3 rings (SSSR count). The van der Waals surface area contributed by atoms with Gasteiger partial charge in [0.25, 0.3) is 0 Å². The summed E-state index contributed by atoms with van der Waals surface area (Å²) < 4.78 is 44.3. The van der Waals surface area contributed by atoms with E-state index >= 15 is 0 Å². The highest BCUT2D eigenvalue weighted by molar-refractivity contribution is 5.44. The SMILES string of the molecule is CCOc1ccc2c(c1)CCNC2c1cccc(C(F)(F)F)c1. The Morgan fingerprint density at radius 1 is 1.17 bits per heavy atom. The third kappa shape index (κ3) is 3.34. The molecule has 2 aromatic rings. The first-order chi connectivity index (χ1) is 11.0. The van der Waals surface area contributed by atoms with Crippen LogP contribution in [0.15, 0.2) is 42.5 Å². The molecule has 1 N–H and O–H groups in total. The number of ether oxygens (including phenoxy) is 1. The van der Waals surface area contributed by atoms with Crippen molar-refractivity contribution in [1.29, 1.82) is 0 Å². The zero-order valence-electron chi connectivity index (χ0n) is 12.8. The molecule has 1 aliphatic heterocycles. The van der Waals surface area contributed by atoms with Crippen molar-refractivity contribution in [3.8, 4) is 5.75 Å². The maximum atomic E-state index is 12.9. The Bertz CT molecular complexity index is 697. The predicted octanol–water partition coefficient (Wildman–Crippen LogP) is 4.34. The summed E-state index contributed by atoms with van der Waals surface area (Å²) in [6, 6.07) is 11.1. The maximum absolute atomic E-state index is 12.9. The number of hydrogen-bond acceptors (Lipinski definition) is 2. The van der Waals surface area contributed by atoms with E-state index in [9.17, 15) is 13.2 Å². The second kappa shape index (κ2) is 6.24. The van der Waals surface area contributed by atoms with Crippen LogP contribution in [0.2, 0.25) is 0 Å². The average molecular weight is 321 g/mol. The highest BCUT2D eigenvalue weighted by Crippen LogP contribution is 2.35. The molecule has 1 atom stereocenters. The van der Waals surface area contributed by atoms with Gasteiger partial charge in [-0.1, -0.05) is 18.2 Å². The van der Waals surface area contributed by atoms with Crippen molar-refractivity contribution in [2.24, 2.45) is 0 Å². The van der Waals surface area contributed by atoms with E-state index in [2.05, 4.69) is 5.32 Å². The molecule has 1 heterocycles. The zero-order chi connectivity index (χ0) is 16.4. The number of fused-ring (bicyclic) bond motifs is 1. The normalized spacial score (nSPS) is 17.7. The Morgan fingerprint density at radius 3 is 2.74 bits per heavy atom. The van der Waals surface area contributed by atoms with Crippen molar-refractivity contribution >= 4 is 0 Å². The van der Waals surface area contributed by atoms with E-state index in [4.69, 9.17) is 4.74 Å². The van der Waals surface area contributed by atoms with E-state index in [1.807, 2.05) is 25.1 Å². The van der Waals surface area contributed by atoms with Crippen molar-refractivity contribution in [1.82, 2.24) is 5.32 Å². The van der Waals surface area contributed by atoms with Gasteiger partial charge in [-0.2, -0.15) is 13.2 Å². The summed E-state index contributed by atoms with van der Waals surface area (Å²) in [4.78, 5) is 0. The second-order valence-electron chi connectivity index (χ2n) is 5.55. The van der Waals surface area contributed by atoms with Crippen LogP contribution in [0.4, 0.5) is 13.2 Å². The van der Waals surface area contributed by atoms with Crippen LogP contribution in [-0.2, 0) is 12.6 Å². The molecule has 0 radical (unpaired) electrons. The van der Waals surface area contributed by atoms with Gasteiger partial charge in [-0.05, 0) is 54.3 Å². The summed E-state index contributed by atoms with van der Waals surface area (Å²) >= 11 is 0. The topological polar surface area (TPSA) is 21.3 Å². The summed E-state index contributed by atoms with van der Waals surface area (Å²) in [6.45, 7) is 3.24. The smallest absolute Gasteiger partial charge is 0.416 e. The molecule has 1 aliphatic rings. The number of hydrogen-bond donors (Lipinski definition) is 1. The number of rotatable bonds is 3. The largest absolute Gasteiger partial charge is 0.494 e. The molecule has 0 aromatic heterocycles. The number of benzene rings is 2.